The minimum atomic E-state index is 0.220. The lowest BCUT2D eigenvalue weighted by atomic mass is 10.3. The summed E-state index contributed by atoms with van der Waals surface area (Å²) in [5.74, 6) is 2.14. The van der Waals surface area contributed by atoms with Crippen molar-refractivity contribution in [3.05, 3.63) is 65.4 Å². The third-order valence-corrected chi connectivity index (χ3v) is 4.88. The van der Waals surface area contributed by atoms with E-state index in [1.807, 2.05) is 66.9 Å². The Hall–Kier alpha value is -2.02. The summed E-state index contributed by atoms with van der Waals surface area (Å²) < 4.78 is 13.5. The molecule has 0 spiro atoms. The number of nitrogens with zero attached hydrogens (tertiary/aromatic N) is 3. The molecule has 1 heterocycles. The van der Waals surface area contributed by atoms with Crippen LogP contribution in [0, 0.1) is 0 Å². The smallest absolute Gasteiger partial charge is 0.196 e. The van der Waals surface area contributed by atoms with Gasteiger partial charge in [-0.2, -0.15) is 0 Å². The lowest BCUT2D eigenvalue weighted by Crippen LogP contribution is -2.08. The minimum Gasteiger partial charge on any atom is -0.484 e. The van der Waals surface area contributed by atoms with E-state index >= 15 is 0 Å². The van der Waals surface area contributed by atoms with E-state index in [1.165, 1.54) is 0 Å². The summed E-state index contributed by atoms with van der Waals surface area (Å²) in [7, 11) is 0. The molecule has 0 fully saturated rings. The van der Waals surface area contributed by atoms with E-state index in [4.69, 9.17) is 21.1 Å². The number of thioether (sulfide) groups is 1. The van der Waals surface area contributed by atoms with Crippen LogP contribution in [0.2, 0.25) is 5.02 Å². The van der Waals surface area contributed by atoms with E-state index < -0.39 is 0 Å². The van der Waals surface area contributed by atoms with Gasteiger partial charge in [-0.25, -0.2) is 0 Å². The van der Waals surface area contributed by atoms with Gasteiger partial charge in [0.05, 0.1) is 17.7 Å². The van der Waals surface area contributed by atoms with Crippen LogP contribution in [0.25, 0.3) is 5.69 Å². The molecule has 0 aliphatic carbocycles. The van der Waals surface area contributed by atoms with Gasteiger partial charge in [-0.1, -0.05) is 53.7 Å². The molecule has 0 radical (unpaired) electrons. The molecule has 5 nitrogen and oxygen atoms in total. The maximum Gasteiger partial charge on any atom is 0.196 e. The van der Waals surface area contributed by atoms with Crippen molar-refractivity contribution >= 4 is 23.4 Å². The highest BCUT2D eigenvalue weighted by Gasteiger charge is 2.15. The van der Waals surface area contributed by atoms with E-state index in [0.717, 1.165) is 16.6 Å². The Kier molecular flexibility index (Phi) is 7.15. The van der Waals surface area contributed by atoms with Crippen LogP contribution in [0.15, 0.2) is 59.8 Å². The highest BCUT2D eigenvalue weighted by Crippen LogP contribution is 2.26. The number of ether oxygens (including phenoxy) is 2. The fourth-order valence-electron chi connectivity index (χ4n) is 2.44. The maximum absolute atomic E-state index is 6.18. The Morgan fingerprint density at radius 1 is 1.04 bits per heavy atom. The zero-order valence-corrected chi connectivity index (χ0v) is 16.9. The van der Waals surface area contributed by atoms with Crippen molar-refractivity contribution in [1.82, 2.24) is 14.8 Å². The number of para-hydroxylation sites is 2. The molecule has 3 rings (SSSR count). The average Bonchev–Trinajstić information content (AvgIpc) is 3.08. The van der Waals surface area contributed by atoms with E-state index in [0.29, 0.717) is 23.2 Å². The zero-order chi connectivity index (χ0) is 19.1. The van der Waals surface area contributed by atoms with Gasteiger partial charge in [-0.3, -0.25) is 4.57 Å². The van der Waals surface area contributed by atoms with Crippen molar-refractivity contribution in [2.45, 2.75) is 31.7 Å². The van der Waals surface area contributed by atoms with Gasteiger partial charge in [0, 0.05) is 11.4 Å². The Balaban J connectivity index is 1.78. The van der Waals surface area contributed by atoms with Crippen LogP contribution >= 0.6 is 23.4 Å². The Bertz CT molecular complexity index is 855. The summed E-state index contributed by atoms with van der Waals surface area (Å²) in [5, 5.41) is 10.1. The SMILES string of the molecule is CC(C)OCCSc1nnc(COc2ccccc2Cl)n1-c1ccccc1. The molecule has 0 aliphatic heterocycles. The second kappa shape index (κ2) is 9.78. The molecule has 0 N–H and O–H groups in total. The fourth-order valence-corrected chi connectivity index (χ4v) is 3.44. The third kappa shape index (κ3) is 5.48. The standard InChI is InChI=1S/C20H22ClN3O2S/c1-15(2)25-12-13-27-20-23-22-19(24(20)16-8-4-3-5-9-16)14-26-18-11-7-6-10-17(18)21/h3-11,15H,12-14H2,1-2H3. The quantitative estimate of drug-likeness (QED) is 0.371. The predicted octanol–water partition coefficient (Wildman–Crippen LogP) is 5.02. The molecule has 7 heteroatoms. The van der Waals surface area contributed by atoms with Gasteiger partial charge in [-0.15, -0.1) is 10.2 Å². The molecule has 0 atom stereocenters. The van der Waals surface area contributed by atoms with Crippen LogP contribution in [0.4, 0.5) is 0 Å². The monoisotopic (exact) mass is 403 g/mol. The second-order valence-electron chi connectivity index (χ2n) is 6.06. The molecule has 0 saturated heterocycles. The lowest BCUT2D eigenvalue weighted by Gasteiger charge is -2.12. The van der Waals surface area contributed by atoms with E-state index in [1.54, 1.807) is 17.8 Å². The average molecular weight is 404 g/mol. The third-order valence-electron chi connectivity index (χ3n) is 3.67. The van der Waals surface area contributed by atoms with Crippen molar-refractivity contribution in [2.75, 3.05) is 12.4 Å². The van der Waals surface area contributed by atoms with Gasteiger partial charge in [0.1, 0.15) is 12.4 Å². The predicted molar refractivity (Wildman–Crippen MR) is 109 cm³/mol. The number of halogens is 1. The first-order chi connectivity index (χ1) is 13.1. The number of hydrogen-bond donors (Lipinski definition) is 0. The van der Waals surface area contributed by atoms with E-state index in [-0.39, 0.29) is 12.7 Å². The summed E-state index contributed by atoms with van der Waals surface area (Å²) in [6.07, 6.45) is 0.220. The van der Waals surface area contributed by atoms with Crippen molar-refractivity contribution in [2.24, 2.45) is 0 Å². The highest BCUT2D eigenvalue weighted by molar-refractivity contribution is 7.99. The lowest BCUT2D eigenvalue weighted by molar-refractivity contribution is 0.0920. The van der Waals surface area contributed by atoms with Gasteiger partial charge < -0.3 is 9.47 Å². The van der Waals surface area contributed by atoms with Gasteiger partial charge in [-0.05, 0) is 38.1 Å². The van der Waals surface area contributed by atoms with Crippen molar-refractivity contribution in [3.8, 4) is 11.4 Å². The van der Waals surface area contributed by atoms with Gasteiger partial charge >= 0.3 is 0 Å². The van der Waals surface area contributed by atoms with Crippen LogP contribution in [-0.2, 0) is 11.3 Å². The summed E-state index contributed by atoms with van der Waals surface area (Å²) in [6, 6.07) is 17.4. The summed E-state index contributed by atoms with van der Waals surface area (Å²) in [6.45, 7) is 4.99. The van der Waals surface area contributed by atoms with Gasteiger partial charge in [0.2, 0.25) is 0 Å². The van der Waals surface area contributed by atoms with Crippen LogP contribution in [0.3, 0.4) is 0 Å². The number of rotatable bonds is 9. The molecular weight excluding hydrogens is 382 g/mol. The molecule has 27 heavy (non-hydrogen) atoms. The Morgan fingerprint density at radius 2 is 1.78 bits per heavy atom. The molecule has 3 aromatic rings. The van der Waals surface area contributed by atoms with Crippen molar-refractivity contribution in [1.29, 1.82) is 0 Å². The molecule has 0 aliphatic rings. The first kappa shape index (κ1) is 19.7. The molecule has 0 amide bonds. The largest absolute Gasteiger partial charge is 0.484 e. The summed E-state index contributed by atoms with van der Waals surface area (Å²) in [4.78, 5) is 0. The molecule has 1 aromatic heterocycles. The minimum absolute atomic E-state index is 0.220. The van der Waals surface area contributed by atoms with Crippen molar-refractivity contribution < 1.29 is 9.47 Å². The van der Waals surface area contributed by atoms with Gasteiger partial charge in [0.15, 0.2) is 11.0 Å². The van der Waals surface area contributed by atoms with E-state index in [2.05, 4.69) is 10.2 Å². The molecule has 2 aromatic carbocycles. The number of aromatic nitrogens is 3. The maximum atomic E-state index is 6.18. The topological polar surface area (TPSA) is 49.2 Å². The molecule has 0 saturated carbocycles. The van der Waals surface area contributed by atoms with Crippen LogP contribution in [0.1, 0.15) is 19.7 Å². The first-order valence-corrected chi connectivity index (χ1v) is 10.1. The second-order valence-corrected chi connectivity index (χ2v) is 7.53. The zero-order valence-electron chi connectivity index (χ0n) is 15.3. The molecule has 142 valence electrons. The first-order valence-electron chi connectivity index (χ1n) is 8.76. The Labute approximate surface area is 168 Å². The summed E-state index contributed by atoms with van der Waals surface area (Å²) >= 11 is 7.79. The van der Waals surface area contributed by atoms with E-state index in [9.17, 15) is 0 Å². The number of benzene rings is 2. The number of hydrogen-bond acceptors (Lipinski definition) is 5. The van der Waals surface area contributed by atoms with Crippen LogP contribution in [0.5, 0.6) is 5.75 Å². The normalized spacial score (nSPS) is 11.1. The molecule has 0 unspecified atom stereocenters. The van der Waals surface area contributed by atoms with Crippen LogP contribution in [-0.4, -0.2) is 33.2 Å². The van der Waals surface area contributed by atoms with Crippen LogP contribution < -0.4 is 4.74 Å². The highest BCUT2D eigenvalue weighted by atomic mass is 35.5. The summed E-state index contributed by atoms with van der Waals surface area (Å²) in [5.41, 5.74) is 0.993. The van der Waals surface area contributed by atoms with Crippen molar-refractivity contribution in [3.63, 3.8) is 0 Å². The van der Waals surface area contributed by atoms with Gasteiger partial charge in [0.25, 0.3) is 0 Å². The fraction of sp³-hybridized carbons (Fsp3) is 0.300. The molecular formula is C20H22ClN3O2S. The molecule has 0 bridgehead atoms. The Morgan fingerprint density at radius 3 is 2.52 bits per heavy atom.